The fraction of sp³-hybridized carbons (Fsp3) is 0.316. The predicted octanol–water partition coefficient (Wildman–Crippen LogP) is 2.41. The number of phosphoric ester groups is 1. The van der Waals surface area contributed by atoms with Crippen LogP contribution in [0.3, 0.4) is 0 Å². The number of nitrogens with zero attached hydrogens (tertiary/aromatic N) is 4. The van der Waals surface area contributed by atoms with Crippen molar-refractivity contribution in [1.29, 1.82) is 0 Å². The van der Waals surface area contributed by atoms with Crippen molar-refractivity contribution in [3.05, 3.63) is 58.7 Å². The SMILES string of the molecule is O=P(O)(O)OCC1O[C@H](Sc2cncc(Br)c2)C(O)[C@@H](n2cc(-c3cc(F)c(F)c(F)c3)nn2)[C@H]1O. The number of ether oxygens (including phenoxy) is 1. The highest BCUT2D eigenvalue weighted by Crippen LogP contribution is 2.41. The Hall–Kier alpha value is -1.88. The van der Waals surface area contributed by atoms with Gasteiger partial charge in [-0.15, -0.1) is 5.10 Å². The lowest BCUT2D eigenvalue weighted by Crippen LogP contribution is -2.55. The standard InChI is InChI=1S/C19H17BrF3N4O7PS/c20-9-3-10(5-24-4-9)36-19-18(29)16(17(28)14(34-19)7-33-35(30,31)32)27-6-13(25-26-27)8-1-11(21)15(23)12(22)2-8/h1-6,14,16-19,28-29H,7H2,(H2,30,31,32)/t14?,16-,17-,18?,19+/m0/s1. The van der Waals surface area contributed by atoms with Crippen LogP contribution in [-0.4, -0.2) is 70.3 Å². The van der Waals surface area contributed by atoms with Gasteiger partial charge >= 0.3 is 7.82 Å². The Kier molecular flexibility index (Phi) is 8.19. The highest BCUT2D eigenvalue weighted by atomic mass is 79.9. The maximum absolute atomic E-state index is 13.7. The number of phosphoric acid groups is 1. The first kappa shape index (κ1) is 27.2. The quantitative estimate of drug-likeness (QED) is 0.229. The fourth-order valence-electron chi connectivity index (χ4n) is 3.48. The van der Waals surface area contributed by atoms with Crippen molar-refractivity contribution in [2.45, 2.75) is 34.7 Å². The third kappa shape index (κ3) is 6.15. The molecule has 2 aromatic heterocycles. The summed E-state index contributed by atoms with van der Waals surface area (Å²) in [7, 11) is -4.92. The molecule has 0 radical (unpaired) electrons. The highest BCUT2D eigenvalue weighted by Gasteiger charge is 2.47. The van der Waals surface area contributed by atoms with E-state index in [2.05, 4.69) is 35.7 Å². The molecule has 4 N–H and O–H groups in total. The summed E-state index contributed by atoms with van der Waals surface area (Å²) in [6.07, 6.45) is -0.233. The van der Waals surface area contributed by atoms with Gasteiger partial charge in [-0.25, -0.2) is 22.4 Å². The Morgan fingerprint density at radius 2 is 1.83 bits per heavy atom. The molecule has 3 heterocycles. The van der Waals surface area contributed by atoms with Crippen molar-refractivity contribution in [1.82, 2.24) is 20.0 Å². The van der Waals surface area contributed by atoms with Crippen LogP contribution in [0.5, 0.6) is 0 Å². The second kappa shape index (κ2) is 10.8. The van der Waals surface area contributed by atoms with Crippen LogP contribution in [0.4, 0.5) is 13.2 Å². The van der Waals surface area contributed by atoms with Crippen LogP contribution in [0.2, 0.25) is 0 Å². The lowest BCUT2D eigenvalue weighted by Gasteiger charge is -2.42. The monoisotopic (exact) mass is 612 g/mol. The minimum absolute atomic E-state index is 0.0953. The summed E-state index contributed by atoms with van der Waals surface area (Å²) in [5.74, 6) is -4.55. The van der Waals surface area contributed by atoms with Gasteiger partial charge in [0.05, 0.1) is 12.8 Å². The van der Waals surface area contributed by atoms with E-state index in [0.29, 0.717) is 21.5 Å². The van der Waals surface area contributed by atoms with Crippen molar-refractivity contribution in [2.75, 3.05) is 6.61 Å². The summed E-state index contributed by atoms with van der Waals surface area (Å²) in [6.45, 7) is -0.738. The van der Waals surface area contributed by atoms with E-state index >= 15 is 0 Å². The molecular weight excluding hydrogens is 596 g/mol. The molecule has 17 heteroatoms. The number of pyridine rings is 1. The normalized spacial score (nSPS) is 24.7. The number of halogens is 4. The minimum Gasteiger partial charge on any atom is -0.388 e. The number of hydrogen-bond acceptors (Lipinski definition) is 9. The molecule has 2 unspecified atom stereocenters. The number of aliphatic hydroxyl groups is 2. The molecule has 4 rings (SSSR count). The molecule has 0 bridgehead atoms. The molecule has 1 aliphatic rings. The van der Waals surface area contributed by atoms with E-state index in [1.807, 2.05) is 0 Å². The zero-order valence-electron chi connectivity index (χ0n) is 17.7. The van der Waals surface area contributed by atoms with E-state index in [-0.39, 0.29) is 11.3 Å². The van der Waals surface area contributed by atoms with Crippen molar-refractivity contribution in [2.24, 2.45) is 0 Å². The maximum atomic E-state index is 13.7. The zero-order chi connectivity index (χ0) is 26.2. The summed E-state index contributed by atoms with van der Waals surface area (Å²) < 4.78 is 63.7. The zero-order valence-corrected chi connectivity index (χ0v) is 21.0. The molecule has 11 nitrogen and oxygen atoms in total. The largest absolute Gasteiger partial charge is 0.469 e. The minimum atomic E-state index is -4.92. The number of rotatable bonds is 7. The van der Waals surface area contributed by atoms with Crippen LogP contribution in [0.1, 0.15) is 6.04 Å². The van der Waals surface area contributed by atoms with E-state index in [1.165, 1.54) is 12.4 Å². The van der Waals surface area contributed by atoms with Gasteiger partial charge in [0.2, 0.25) is 0 Å². The fourth-order valence-corrected chi connectivity index (χ4v) is 5.43. The van der Waals surface area contributed by atoms with Crippen LogP contribution >= 0.6 is 35.5 Å². The summed E-state index contributed by atoms with van der Waals surface area (Å²) in [5.41, 5.74) is -1.35. The number of thioether (sulfide) groups is 1. The number of aromatic nitrogens is 4. The number of aliphatic hydroxyl groups excluding tert-OH is 2. The summed E-state index contributed by atoms with van der Waals surface area (Å²) >= 11 is 4.28. The summed E-state index contributed by atoms with van der Waals surface area (Å²) in [6, 6.07) is 1.80. The van der Waals surface area contributed by atoms with Gasteiger partial charge in [-0.05, 0) is 34.1 Å². The van der Waals surface area contributed by atoms with Gasteiger partial charge in [-0.1, -0.05) is 17.0 Å². The number of benzene rings is 1. The maximum Gasteiger partial charge on any atom is 0.469 e. The summed E-state index contributed by atoms with van der Waals surface area (Å²) in [5, 5.41) is 29.5. The molecule has 1 saturated heterocycles. The molecule has 194 valence electrons. The molecule has 5 atom stereocenters. The molecule has 1 aliphatic heterocycles. The average Bonchev–Trinajstić information content (AvgIpc) is 3.27. The van der Waals surface area contributed by atoms with Gasteiger partial charge in [-0.2, -0.15) is 0 Å². The van der Waals surface area contributed by atoms with Gasteiger partial charge in [-0.3, -0.25) is 9.51 Å². The molecular formula is C19H17BrF3N4O7PS. The van der Waals surface area contributed by atoms with E-state index in [1.54, 1.807) is 6.07 Å². The Bertz CT molecular complexity index is 1280. The van der Waals surface area contributed by atoms with Gasteiger partial charge in [0, 0.05) is 27.3 Å². The predicted molar refractivity (Wildman–Crippen MR) is 121 cm³/mol. The van der Waals surface area contributed by atoms with Crippen molar-refractivity contribution < 1.29 is 47.0 Å². The van der Waals surface area contributed by atoms with Crippen LogP contribution in [0.25, 0.3) is 11.3 Å². The number of hydrogen-bond donors (Lipinski definition) is 4. The Labute approximate surface area is 213 Å². The second-order valence-corrected chi connectivity index (χ2v) is 10.9. The third-order valence-corrected chi connectivity index (χ3v) is 7.14. The molecule has 36 heavy (non-hydrogen) atoms. The Morgan fingerprint density at radius 3 is 2.47 bits per heavy atom. The topological polar surface area (TPSA) is 160 Å². The van der Waals surface area contributed by atoms with Crippen LogP contribution < -0.4 is 0 Å². The van der Waals surface area contributed by atoms with Gasteiger partial charge in [0.1, 0.15) is 35.5 Å². The smallest absolute Gasteiger partial charge is 0.388 e. The molecule has 1 fully saturated rings. The molecule has 0 spiro atoms. The Morgan fingerprint density at radius 1 is 1.14 bits per heavy atom. The van der Waals surface area contributed by atoms with Gasteiger partial charge in [0.25, 0.3) is 0 Å². The molecule has 0 amide bonds. The molecule has 0 saturated carbocycles. The van der Waals surface area contributed by atoms with E-state index < -0.39 is 61.7 Å². The first-order chi connectivity index (χ1) is 16.9. The van der Waals surface area contributed by atoms with Crippen LogP contribution in [-0.2, 0) is 13.8 Å². The van der Waals surface area contributed by atoms with E-state index in [9.17, 15) is 27.9 Å². The second-order valence-electron chi connectivity index (χ2n) is 7.60. The van der Waals surface area contributed by atoms with Crippen LogP contribution in [0.15, 0.2) is 46.2 Å². The van der Waals surface area contributed by atoms with Crippen LogP contribution in [0, 0.1) is 17.5 Å². The van der Waals surface area contributed by atoms with Gasteiger partial charge in [0.15, 0.2) is 17.5 Å². The van der Waals surface area contributed by atoms with Gasteiger partial charge < -0.3 is 24.7 Å². The van der Waals surface area contributed by atoms with Crippen molar-refractivity contribution >= 4 is 35.5 Å². The highest BCUT2D eigenvalue weighted by molar-refractivity contribution is 9.10. The lowest BCUT2D eigenvalue weighted by atomic mass is 9.97. The van der Waals surface area contributed by atoms with Crippen molar-refractivity contribution in [3.8, 4) is 11.3 Å². The Balaban J connectivity index is 1.66. The average molecular weight is 613 g/mol. The lowest BCUT2D eigenvalue weighted by molar-refractivity contribution is -0.177. The first-order valence-electron chi connectivity index (χ1n) is 9.98. The summed E-state index contributed by atoms with van der Waals surface area (Å²) in [4.78, 5) is 22.7. The molecule has 3 aromatic rings. The third-order valence-electron chi connectivity index (χ3n) is 5.10. The molecule has 0 aliphatic carbocycles. The van der Waals surface area contributed by atoms with Crippen molar-refractivity contribution in [3.63, 3.8) is 0 Å². The van der Waals surface area contributed by atoms with E-state index in [4.69, 9.17) is 14.5 Å². The van der Waals surface area contributed by atoms with E-state index in [0.717, 1.165) is 22.6 Å². The first-order valence-corrected chi connectivity index (χ1v) is 13.2. The molecule has 1 aromatic carbocycles.